The predicted molar refractivity (Wildman–Crippen MR) is 67.4 cm³/mol. The van der Waals surface area contributed by atoms with E-state index in [1.165, 1.54) is 6.92 Å². The van der Waals surface area contributed by atoms with Crippen molar-refractivity contribution >= 4 is 17.4 Å². The molecular weight excluding hydrogens is 230 g/mol. The number of ketones is 1. The van der Waals surface area contributed by atoms with Crippen LogP contribution in [0.1, 0.15) is 20.8 Å². The highest BCUT2D eigenvalue weighted by molar-refractivity contribution is 6.10. The molecule has 0 bridgehead atoms. The summed E-state index contributed by atoms with van der Waals surface area (Å²) in [7, 11) is 0. The number of nitrogens with zero attached hydrogens (tertiary/aromatic N) is 1. The summed E-state index contributed by atoms with van der Waals surface area (Å²) in [6.45, 7) is 5.28. The van der Waals surface area contributed by atoms with Crippen LogP contribution >= 0.6 is 0 Å². The summed E-state index contributed by atoms with van der Waals surface area (Å²) in [5, 5.41) is 0. The highest BCUT2D eigenvalue weighted by atomic mass is 16.5. The first-order chi connectivity index (χ1) is 8.56. The molecule has 0 N–H and O–H groups in total. The molecule has 1 heterocycles. The Balaban J connectivity index is 2.99. The highest BCUT2D eigenvalue weighted by Gasteiger charge is 2.20. The second kappa shape index (κ2) is 6.69. The Kier molecular flexibility index (Phi) is 5.24. The van der Waals surface area contributed by atoms with Crippen LogP contribution in [0.4, 0.5) is 0 Å². The van der Waals surface area contributed by atoms with Gasteiger partial charge in [-0.1, -0.05) is 6.07 Å². The average Bonchev–Trinajstić information content (AvgIpc) is 2.36. The Morgan fingerprint density at radius 1 is 1.28 bits per heavy atom. The Morgan fingerprint density at radius 2 is 1.89 bits per heavy atom. The molecule has 0 aliphatic carbocycles. The lowest BCUT2D eigenvalue weighted by Crippen LogP contribution is -2.35. The van der Waals surface area contributed by atoms with Crippen LogP contribution in [0.25, 0.3) is 5.70 Å². The fraction of sp³-hybridized carbons (Fsp3) is 0.357. The number of Topliss-reactive ketones (excluding diaryl/α,β-unsaturated/α-hetero) is 1. The van der Waals surface area contributed by atoms with Gasteiger partial charge in [0, 0.05) is 25.1 Å². The molecule has 0 amide bonds. The van der Waals surface area contributed by atoms with Crippen molar-refractivity contribution in [1.29, 1.82) is 0 Å². The number of ether oxygens (including phenoxy) is 1. The molecule has 0 saturated carbocycles. The zero-order chi connectivity index (χ0) is 13.5. The molecule has 0 fully saturated rings. The van der Waals surface area contributed by atoms with Crippen LogP contribution in [0.3, 0.4) is 0 Å². The number of hydrogen-bond acceptors (Lipinski definition) is 3. The van der Waals surface area contributed by atoms with Gasteiger partial charge in [-0.05, 0) is 13.8 Å². The summed E-state index contributed by atoms with van der Waals surface area (Å²) in [6.07, 6.45) is 5.16. The number of carbonyl (C=O) groups is 2. The number of allylic oxidation sites excluding steroid dienone is 1. The number of pyridine rings is 1. The van der Waals surface area contributed by atoms with Crippen molar-refractivity contribution in [2.75, 3.05) is 6.61 Å². The van der Waals surface area contributed by atoms with Crippen molar-refractivity contribution in [2.24, 2.45) is 5.92 Å². The monoisotopic (exact) mass is 248 g/mol. The quantitative estimate of drug-likeness (QED) is 0.452. The van der Waals surface area contributed by atoms with Gasteiger partial charge in [0.15, 0.2) is 12.4 Å². The third kappa shape index (κ3) is 3.80. The van der Waals surface area contributed by atoms with E-state index in [2.05, 4.69) is 0 Å². The minimum Gasteiger partial charge on any atom is -0.466 e. The fourth-order valence-electron chi connectivity index (χ4n) is 1.52. The molecule has 0 aromatic carbocycles. The summed E-state index contributed by atoms with van der Waals surface area (Å²) in [5.74, 6) is -0.869. The number of carbonyl (C=O) groups excluding carboxylic acids is 2. The second-order valence-electron chi connectivity index (χ2n) is 3.93. The Hall–Kier alpha value is -1.97. The van der Waals surface area contributed by atoms with E-state index in [9.17, 15) is 9.59 Å². The minimum absolute atomic E-state index is 0.0950. The first-order valence-electron chi connectivity index (χ1n) is 5.92. The van der Waals surface area contributed by atoms with E-state index in [-0.39, 0.29) is 11.8 Å². The maximum absolute atomic E-state index is 11.6. The van der Waals surface area contributed by atoms with Gasteiger partial charge in [-0.25, -0.2) is 0 Å². The van der Waals surface area contributed by atoms with Crippen molar-refractivity contribution < 1.29 is 18.9 Å². The molecule has 18 heavy (non-hydrogen) atoms. The van der Waals surface area contributed by atoms with Gasteiger partial charge in [-0.3, -0.25) is 9.59 Å². The molecule has 1 aromatic rings. The van der Waals surface area contributed by atoms with Crippen LogP contribution in [0.2, 0.25) is 0 Å². The largest absolute Gasteiger partial charge is 0.466 e. The van der Waals surface area contributed by atoms with Crippen molar-refractivity contribution in [3.63, 3.8) is 0 Å². The molecule has 4 heteroatoms. The maximum Gasteiger partial charge on any atom is 0.312 e. The molecule has 1 atom stereocenters. The van der Waals surface area contributed by atoms with Crippen LogP contribution in [0, 0.1) is 5.92 Å². The van der Waals surface area contributed by atoms with Crippen LogP contribution in [0.5, 0.6) is 0 Å². The summed E-state index contributed by atoms with van der Waals surface area (Å²) in [6, 6.07) is 5.51. The topological polar surface area (TPSA) is 47.3 Å². The average molecular weight is 248 g/mol. The van der Waals surface area contributed by atoms with Crippen LogP contribution < -0.4 is 4.57 Å². The van der Waals surface area contributed by atoms with Crippen molar-refractivity contribution in [2.45, 2.75) is 20.8 Å². The number of esters is 1. The normalized spacial score (nSPS) is 12.9. The van der Waals surface area contributed by atoms with Crippen LogP contribution in [-0.2, 0) is 14.3 Å². The van der Waals surface area contributed by atoms with Crippen molar-refractivity contribution in [1.82, 2.24) is 0 Å². The lowest BCUT2D eigenvalue weighted by molar-refractivity contribution is -0.577. The lowest BCUT2D eigenvalue weighted by atomic mass is 10.1. The first-order valence-corrected chi connectivity index (χ1v) is 5.92. The molecule has 1 unspecified atom stereocenters. The number of rotatable bonds is 5. The molecular formula is C14H18NO3+. The molecule has 4 nitrogen and oxygen atoms in total. The zero-order valence-electron chi connectivity index (χ0n) is 10.9. The molecule has 0 aliphatic rings. The molecule has 0 spiro atoms. The fourth-order valence-corrected chi connectivity index (χ4v) is 1.52. The summed E-state index contributed by atoms with van der Waals surface area (Å²) >= 11 is 0. The van der Waals surface area contributed by atoms with Crippen molar-refractivity contribution in [3.05, 3.63) is 36.7 Å². The van der Waals surface area contributed by atoms with Gasteiger partial charge >= 0.3 is 5.97 Å². The maximum atomic E-state index is 11.6. The summed E-state index contributed by atoms with van der Waals surface area (Å²) < 4.78 is 6.61. The van der Waals surface area contributed by atoms with E-state index < -0.39 is 5.92 Å². The second-order valence-corrected chi connectivity index (χ2v) is 3.93. The first kappa shape index (κ1) is 14.1. The van der Waals surface area contributed by atoms with E-state index in [1.54, 1.807) is 36.9 Å². The Bertz CT molecular complexity index is 451. The SMILES string of the molecule is CCOC(=O)C(C)C=C(C(C)=O)[n+]1ccccc1. The van der Waals surface area contributed by atoms with Gasteiger partial charge in [0.2, 0.25) is 11.5 Å². The Labute approximate surface area is 107 Å². The van der Waals surface area contributed by atoms with Gasteiger partial charge in [0.25, 0.3) is 0 Å². The smallest absolute Gasteiger partial charge is 0.312 e. The van der Waals surface area contributed by atoms with E-state index >= 15 is 0 Å². The van der Waals surface area contributed by atoms with Crippen LogP contribution in [0.15, 0.2) is 36.7 Å². The Morgan fingerprint density at radius 3 is 2.39 bits per heavy atom. The van der Waals surface area contributed by atoms with E-state index in [4.69, 9.17) is 4.74 Å². The summed E-state index contributed by atoms with van der Waals surface area (Å²) in [4.78, 5) is 23.2. The molecule has 0 aliphatic heterocycles. The standard InChI is InChI=1S/C14H18NO3/c1-4-18-14(17)11(2)10-13(12(3)16)15-8-6-5-7-9-15/h5-11H,4H2,1-3H3/q+1. The summed E-state index contributed by atoms with van der Waals surface area (Å²) in [5.41, 5.74) is 0.469. The van der Waals surface area contributed by atoms with Gasteiger partial charge in [0.1, 0.15) is 0 Å². The minimum atomic E-state index is -0.448. The van der Waals surface area contributed by atoms with E-state index in [0.29, 0.717) is 12.3 Å². The van der Waals surface area contributed by atoms with Crippen molar-refractivity contribution in [3.8, 4) is 0 Å². The van der Waals surface area contributed by atoms with E-state index in [0.717, 1.165) is 0 Å². The third-order valence-electron chi connectivity index (χ3n) is 2.42. The zero-order valence-corrected chi connectivity index (χ0v) is 10.9. The van der Waals surface area contributed by atoms with Gasteiger partial charge in [0.05, 0.1) is 12.5 Å². The molecule has 0 radical (unpaired) electrons. The van der Waals surface area contributed by atoms with Crippen LogP contribution in [-0.4, -0.2) is 18.4 Å². The third-order valence-corrected chi connectivity index (χ3v) is 2.42. The lowest BCUT2D eigenvalue weighted by Gasteiger charge is -2.06. The molecule has 0 saturated heterocycles. The molecule has 1 rings (SSSR count). The highest BCUT2D eigenvalue weighted by Crippen LogP contribution is 2.06. The molecule has 96 valence electrons. The van der Waals surface area contributed by atoms with E-state index in [1.807, 2.05) is 18.2 Å². The molecule has 1 aromatic heterocycles. The number of hydrogen-bond donors (Lipinski definition) is 0. The van der Waals surface area contributed by atoms with Gasteiger partial charge < -0.3 is 4.74 Å². The van der Waals surface area contributed by atoms with Gasteiger partial charge in [-0.2, -0.15) is 4.57 Å². The van der Waals surface area contributed by atoms with Gasteiger partial charge in [-0.15, -0.1) is 0 Å². The number of aromatic nitrogens is 1. The predicted octanol–water partition coefficient (Wildman–Crippen LogP) is 1.60.